The van der Waals surface area contributed by atoms with E-state index >= 15 is 0 Å². The van der Waals surface area contributed by atoms with E-state index in [1.54, 1.807) is 51.2 Å². The fourth-order valence-corrected chi connectivity index (χ4v) is 5.57. The number of carbonyl (C=O) groups excluding carboxylic acids is 6. The van der Waals surface area contributed by atoms with Crippen LogP contribution in [0.15, 0.2) is 0 Å². The molecule has 0 aliphatic carbocycles. The van der Waals surface area contributed by atoms with Crippen LogP contribution in [-0.4, -0.2) is 81.0 Å². The lowest BCUT2D eigenvalue weighted by molar-refractivity contribution is -0.149. The number of carbonyl (C=O) groups is 6. The largest absolute Gasteiger partial charge is 0.466 e. The van der Waals surface area contributed by atoms with E-state index in [4.69, 9.17) is 26.8 Å². The summed E-state index contributed by atoms with van der Waals surface area (Å²) in [6.45, 7) is 27.7. The Hall–Kier alpha value is -1.63. The SMILES string of the molecule is CCC(=O)Cl.CCOC(=O)[C@H](CSC(C)(C)C)CC(=O)[C@@H](N)C(C)C.CCOC(=O)[C@H](CSC(C)(C)C)CC(=O)[C@@H](NC(=O)CC)C(C)C. The van der Waals surface area contributed by atoms with Crippen molar-refractivity contribution in [2.24, 2.45) is 29.4 Å². The molecule has 13 heteroatoms. The minimum absolute atomic E-state index is 0.00165. The zero-order chi connectivity index (χ0) is 39.1. The van der Waals surface area contributed by atoms with Gasteiger partial charge < -0.3 is 20.5 Å². The highest BCUT2D eigenvalue weighted by Gasteiger charge is 2.31. The number of amides is 1. The minimum Gasteiger partial charge on any atom is -0.466 e. The van der Waals surface area contributed by atoms with Gasteiger partial charge in [-0.15, -0.1) is 0 Å². The number of Topliss-reactive ketones (excluding diaryl/α,β-unsaturated/α-hetero) is 2. The molecule has 4 atom stereocenters. The van der Waals surface area contributed by atoms with Gasteiger partial charge in [0, 0.05) is 46.7 Å². The van der Waals surface area contributed by atoms with E-state index in [-0.39, 0.29) is 68.8 Å². The van der Waals surface area contributed by atoms with Crippen LogP contribution in [0.5, 0.6) is 0 Å². The molecule has 0 heterocycles. The molecule has 288 valence electrons. The maximum Gasteiger partial charge on any atom is 0.310 e. The van der Waals surface area contributed by atoms with Gasteiger partial charge in [0.25, 0.3) is 0 Å². The Morgan fingerprint density at radius 1 is 0.673 bits per heavy atom. The normalized spacial score (nSPS) is 13.8. The summed E-state index contributed by atoms with van der Waals surface area (Å²) in [4.78, 5) is 70.1. The van der Waals surface area contributed by atoms with Crippen molar-refractivity contribution in [3.8, 4) is 0 Å². The summed E-state index contributed by atoms with van der Waals surface area (Å²) in [6.07, 6.45) is 1.02. The molecule has 0 radical (unpaired) electrons. The van der Waals surface area contributed by atoms with Crippen LogP contribution in [0, 0.1) is 23.7 Å². The molecule has 0 aromatic heterocycles. The molecular formula is C36H67ClN2O8S2. The van der Waals surface area contributed by atoms with Crippen LogP contribution in [-0.2, 0) is 38.2 Å². The van der Waals surface area contributed by atoms with Gasteiger partial charge in [0.15, 0.2) is 11.6 Å². The highest BCUT2D eigenvalue weighted by Crippen LogP contribution is 2.29. The molecule has 0 fully saturated rings. The summed E-state index contributed by atoms with van der Waals surface area (Å²) < 4.78 is 10.2. The smallest absolute Gasteiger partial charge is 0.310 e. The van der Waals surface area contributed by atoms with Crippen LogP contribution < -0.4 is 11.1 Å². The first kappa shape index (κ1) is 51.7. The van der Waals surface area contributed by atoms with Gasteiger partial charge in [-0.2, -0.15) is 23.5 Å². The van der Waals surface area contributed by atoms with Crippen molar-refractivity contribution < 1.29 is 38.2 Å². The fraction of sp³-hybridized carbons (Fsp3) is 0.833. The quantitative estimate of drug-likeness (QED) is 0.103. The molecule has 0 aromatic rings. The molecule has 0 aliphatic heterocycles. The fourth-order valence-electron chi connectivity index (χ4n) is 3.66. The number of hydrogen-bond acceptors (Lipinski definition) is 11. The Morgan fingerprint density at radius 2 is 1.04 bits per heavy atom. The van der Waals surface area contributed by atoms with Crippen LogP contribution >= 0.6 is 35.1 Å². The molecular weight excluding hydrogens is 688 g/mol. The summed E-state index contributed by atoms with van der Waals surface area (Å²) >= 11 is 8.12. The van der Waals surface area contributed by atoms with E-state index < -0.39 is 23.9 Å². The monoisotopic (exact) mass is 754 g/mol. The van der Waals surface area contributed by atoms with Gasteiger partial charge in [0.05, 0.1) is 37.1 Å². The Kier molecular flexibility index (Phi) is 28.6. The maximum atomic E-state index is 12.6. The lowest BCUT2D eigenvalue weighted by Gasteiger charge is -2.25. The Morgan fingerprint density at radius 3 is 1.31 bits per heavy atom. The van der Waals surface area contributed by atoms with E-state index in [9.17, 15) is 28.8 Å². The van der Waals surface area contributed by atoms with Crippen molar-refractivity contribution >= 4 is 69.8 Å². The molecule has 0 saturated carbocycles. The topological polar surface area (TPSA) is 159 Å². The Labute approximate surface area is 310 Å². The third-order valence-electron chi connectivity index (χ3n) is 6.59. The highest BCUT2D eigenvalue weighted by atomic mass is 35.5. The number of thioether (sulfide) groups is 2. The number of esters is 2. The lowest BCUT2D eigenvalue weighted by atomic mass is 9.93. The summed E-state index contributed by atoms with van der Waals surface area (Å²) in [5, 5.41) is 2.49. The number of ether oxygens (including phenoxy) is 2. The molecule has 0 rings (SSSR count). The molecule has 0 aliphatic rings. The molecule has 0 aromatic carbocycles. The second-order valence-corrected chi connectivity index (χ2v) is 18.3. The van der Waals surface area contributed by atoms with E-state index in [0.29, 0.717) is 37.6 Å². The van der Waals surface area contributed by atoms with Crippen LogP contribution in [0.2, 0.25) is 0 Å². The number of rotatable bonds is 19. The minimum atomic E-state index is -0.561. The zero-order valence-electron chi connectivity index (χ0n) is 32.7. The number of nitrogens with one attached hydrogen (secondary N) is 1. The zero-order valence-corrected chi connectivity index (χ0v) is 35.0. The van der Waals surface area contributed by atoms with Crippen molar-refractivity contribution in [1.82, 2.24) is 5.32 Å². The van der Waals surface area contributed by atoms with Crippen LogP contribution in [0.4, 0.5) is 0 Å². The highest BCUT2D eigenvalue weighted by molar-refractivity contribution is 8.00. The van der Waals surface area contributed by atoms with Crippen molar-refractivity contribution in [1.29, 1.82) is 0 Å². The van der Waals surface area contributed by atoms with Crippen molar-refractivity contribution in [3.63, 3.8) is 0 Å². The van der Waals surface area contributed by atoms with E-state index in [0.717, 1.165) is 0 Å². The maximum absolute atomic E-state index is 12.6. The van der Waals surface area contributed by atoms with Crippen molar-refractivity contribution in [3.05, 3.63) is 0 Å². The van der Waals surface area contributed by atoms with Gasteiger partial charge in [0.2, 0.25) is 11.1 Å². The summed E-state index contributed by atoms with van der Waals surface area (Å²) in [7, 11) is 0. The second kappa shape index (κ2) is 27.1. The lowest BCUT2D eigenvalue weighted by Crippen LogP contribution is -2.45. The summed E-state index contributed by atoms with van der Waals surface area (Å²) in [5.74, 6) is -0.685. The first-order chi connectivity index (χ1) is 22.4. The second-order valence-electron chi connectivity index (χ2n) is 14.2. The standard InChI is InChI=1S/C18H33NO4S.C15H29NO3S.C3H5ClO/c1-8-15(21)19-16(12(3)4)14(20)10-13(17(22)23-9-2)11-24-18(5,6)7;1-7-19-14(18)11(9-20-15(4,5)6)8-12(17)13(16)10(2)3;1-2-3(4)5/h12-13,16H,8-11H2,1-7H3,(H,19,21);10-11,13H,7-9,16H2,1-6H3;2H2,1H3/t13-,16-;11-,13-;/m00./s1. The van der Waals surface area contributed by atoms with Gasteiger partial charge in [-0.3, -0.25) is 28.8 Å². The predicted molar refractivity (Wildman–Crippen MR) is 205 cm³/mol. The molecule has 49 heavy (non-hydrogen) atoms. The van der Waals surface area contributed by atoms with Crippen LogP contribution in [0.3, 0.4) is 0 Å². The third-order valence-corrected chi connectivity index (χ3v) is 9.73. The van der Waals surface area contributed by atoms with Crippen LogP contribution in [0.25, 0.3) is 0 Å². The van der Waals surface area contributed by atoms with Gasteiger partial charge in [-0.25, -0.2) is 0 Å². The van der Waals surface area contributed by atoms with Crippen molar-refractivity contribution in [2.75, 3.05) is 24.7 Å². The van der Waals surface area contributed by atoms with Crippen LogP contribution in [0.1, 0.15) is 123 Å². The molecule has 1 amide bonds. The average Bonchev–Trinajstić information content (AvgIpc) is 2.98. The number of halogens is 1. The number of hydrogen-bond donors (Lipinski definition) is 2. The third kappa shape index (κ3) is 28.7. The summed E-state index contributed by atoms with van der Waals surface area (Å²) in [5.41, 5.74) is 5.86. The first-order valence-electron chi connectivity index (χ1n) is 17.3. The summed E-state index contributed by atoms with van der Waals surface area (Å²) in [6, 6.07) is -1.07. The van der Waals surface area contributed by atoms with E-state index in [1.165, 1.54) is 0 Å². The average molecular weight is 756 g/mol. The number of ketones is 2. The van der Waals surface area contributed by atoms with Gasteiger partial charge in [0.1, 0.15) is 0 Å². The molecule has 0 spiro atoms. The van der Waals surface area contributed by atoms with Gasteiger partial charge in [-0.1, -0.05) is 83.1 Å². The Bertz CT molecular complexity index is 1010. The first-order valence-corrected chi connectivity index (χ1v) is 19.6. The van der Waals surface area contributed by atoms with E-state index in [1.807, 2.05) is 27.7 Å². The number of nitrogens with two attached hydrogens (primary N) is 1. The molecule has 0 saturated heterocycles. The molecule has 0 unspecified atom stereocenters. The van der Waals surface area contributed by atoms with Gasteiger partial charge >= 0.3 is 11.9 Å². The molecule has 3 N–H and O–H groups in total. The molecule has 10 nitrogen and oxygen atoms in total. The Balaban J connectivity index is -0.000000766. The van der Waals surface area contributed by atoms with Crippen molar-refractivity contribution in [2.45, 2.75) is 144 Å². The van der Waals surface area contributed by atoms with E-state index in [2.05, 4.69) is 46.9 Å². The predicted octanol–water partition coefficient (Wildman–Crippen LogP) is 7.01. The molecule has 0 bridgehead atoms. The van der Waals surface area contributed by atoms with Gasteiger partial charge in [-0.05, 0) is 37.3 Å².